The summed E-state index contributed by atoms with van der Waals surface area (Å²) < 4.78 is 23.8. The van der Waals surface area contributed by atoms with Gasteiger partial charge in [0, 0.05) is 17.4 Å². The van der Waals surface area contributed by atoms with E-state index in [-0.39, 0.29) is 31.4 Å². The molecule has 11 heteroatoms. The summed E-state index contributed by atoms with van der Waals surface area (Å²) in [6.07, 6.45) is -1.53. The molecule has 0 saturated heterocycles. The van der Waals surface area contributed by atoms with Crippen molar-refractivity contribution in [3.63, 3.8) is 0 Å². The van der Waals surface area contributed by atoms with Crippen LogP contribution in [0.5, 0.6) is 0 Å². The number of halogens is 2. The van der Waals surface area contributed by atoms with Crippen molar-refractivity contribution in [1.82, 2.24) is 10.6 Å². The Balaban J connectivity index is 2.40. The van der Waals surface area contributed by atoms with Crippen molar-refractivity contribution < 1.29 is 38.1 Å². The number of carboxylic acids is 1. The van der Waals surface area contributed by atoms with Crippen LogP contribution in [0.25, 0.3) is 0 Å². The Morgan fingerprint density at radius 3 is 2.60 bits per heavy atom. The number of nitrogens with one attached hydrogen (secondary N) is 2. The van der Waals surface area contributed by atoms with Gasteiger partial charge in [0.1, 0.15) is 5.82 Å². The summed E-state index contributed by atoms with van der Waals surface area (Å²) in [7, 11) is 0. The first-order valence-corrected chi connectivity index (χ1v) is 10.1. The number of benzene rings is 1. The molecule has 0 aliphatic heterocycles. The van der Waals surface area contributed by atoms with E-state index < -0.39 is 36.1 Å². The lowest BCUT2D eigenvalue weighted by Crippen LogP contribution is -2.40. The third-order valence-electron chi connectivity index (χ3n) is 3.93. The molecule has 1 rings (SSSR count). The Morgan fingerprint density at radius 2 is 2.00 bits per heavy atom. The minimum atomic E-state index is -1.29. The Morgan fingerprint density at radius 1 is 1.27 bits per heavy atom. The molecule has 2 amide bonds. The van der Waals surface area contributed by atoms with Gasteiger partial charge in [-0.1, -0.05) is 29.3 Å². The highest BCUT2D eigenvalue weighted by Crippen LogP contribution is 2.15. The Bertz CT molecular complexity index is 748. The summed E-state index contributed by atoms with van der Waals surface area (Å²) in [6.45, 7) is 2.15. The van der Waals surface area contributed by atoms with Gasteiger partial charge in [0.25, 0.3) is 12.4 Å². The quantitative estimate of drug-likeness (QED) is 0.220. The van der Waals surface area contributed by atoms with E-state index in [0.717, 1.165) is 0 Å². The highest BCUT2D eigenvalue weighted by molar-refractivity contribution is 9.10. The van der Waals surface area contributed by atoms with Gasteiger partial charge in [0.05, 0.1) is 5.56 Å². The monoisotopic (exact) mass is 490 g/mol. The van der Waals surface area contributed by atoms with Gasteiger partial charge < -0.3 is 19.9 Å². The van der Waals surface area contributed by atoms with E-state index in [1.165, 1.54) is 12.1 Å². The molecule has 0 spiro atoms. The van der Waals surface area contributed by atoms with E-state index in [1.54, 1.807) is 13.0 Å². The molecular weight excluding hydrogens is 467 g/mol. The Labute approximate surface area is 181 Å². The highest BCUT2D eigenvalue weighted by atomic mass is 79.9. The maximum atomic E-state index is 13.7. The van der Waals surface area contributed by atoms with E-state index >= 15 is 0 Å². The molecule has 1 aromatic carbocycles. The molecule has 166 valence electrons. The number of amides is 2. The van der Waals surface area contributed by atoms with E-state index in [1.807, 2.05) is 0 Å². The molecule has 0 bridgehead atoms. The number of aliphatic carboxylic acids is 1. The third-order valence-corrected chi connectivity index (χ3v) is 4.42. The topological polar surface area (TPSA) is 131 Å². The molecule has 2 atom stereocenters. The van der Waals surface area contributed by atoms with Crippen LogP contribution in [0.15, 0.2) is 22.7 Å². The van der Waals surface area contributed by atoms with Crippen molar-refractivity contribution in [1.29, 1.82) is 0 Å². The summed E-state index contributed by atoms with van der Waals surface area (Å²) in [6, 6.07) is 4.11. The van der Waals surface area contributed by atoms with Crippen LogP contribution in [0, 0.1) is 5.82 Å². The molecule has 0 aromatic heterocycles. The Hall–Kier alpha value is -2.69. The van der Waals surface area contributed by atoms with E-state index in [2.05, 4.69) is 26.6 Å². The van der Waals surface area contributed by atoms with Crippen molar-refractivity contribution >= 4 is 40.4 Å². The number of hydrogen-bond acceptors (Lipinski definition) is 6. The lowest BCUT2D eigenvalue weighted by Gasteiger charge is -2.19. The smallest absolute Gasteiger partial charge is 0.410 e. The number of carbonyl (C=O) groups is 4. The molecule has 30 heavy (non-hydrogen) atoms. The number of rotatable bonds is 13. The van der Waals surface area contributed by atoms with Crippen LogP contribution in [0.1, 0.15) is 49.4 Å². The molecule has 1 aromatic rings. The fourth-order valence-electron chi connectivity index (χ4n) is 2.46. The van der Waals surface area contributed by atoms with Gasteiger partial charge in [-0.25, -0.2) is 14.0 Å². The maximum Gasteiger partial charge on any atom is 0.410 e. The number of alkyl carbamates (subject to hydrolysis) is 1. The van der Waals surface area contributed by atoms with Gasteiger partial charge in [-0.05, 0) is 37.5 Å². The summed E-state index contributed by atoms with van der Waals surface area (Å²) >= 11 is 3.11. The van der Waals surface area contributed by atoms with Crippen molar-refractivity contribution in [3.8, 4) is 0 Å². The second kappa shape index (κ2) is 13.5. The normalized spacial score (nSPS) is 12.4. The molecule has 0 heterocycles. The molecule has 0 aliphatic carbocycles. The zero-order valence-corrected chi connectivity index (χ0v) is 17.9. The van der Waals surface area contributed by atoms with Gasteiger partial charge >= 0.3 is 12.1 Å². The van der Waals surface area contributed by atoms with E-state index in [0.29, 0.717) is 23.7 Å². The zero-order valence-electron chi connectivity index (χ0n) is 16.4. The summed E-state index contributed by atoms with van der Waals surface area (Å²) in [5.74, 6) is -2.47. The maximum absolute atomic E-state index is 13.7. The number of ether oxygens (including phenoxy) is 2. The molecule has 0 saturated carbocycles. The van der Waals surface area contributed by atoms with E-state index in [4.69, 9.17) is 14.6 Å². The zero-order chi connectivity index (χ0) is 22.5. The van der Waals surface area contributed by atoms with Crippen LogP contribution in [-0.2, 0) is 19.1 Å². The van der Waals surface area contributed by atoms with Crippen LogP contribution in [0.3, 0.4) is 0 Å². The molecule has 3 N–H and O–H groups in total. The first-order chi connectivity index (χ1) is 14.3. The lowest BCUT2D eigenvalue weighted by molar-refractivity contribution is -0.147. The van der Waals surface area contributed by atoms with Gasteiger partial charge in [0.15, 0.2) is 6.23 Å². The van der Waals surface area contributed by atoms with Gasteiger partial charge in [-0.2, -0.15) is 0 Å². The van der Waals surface area contributed by atoms with Crippen molar-refractivity contribution in [2.24, 2.45) is 0 Å². The van der Waals surface area contributed by atoms with Crippen LogP contribution in [-0.4, -0.2) is 48.4 Å². The molecule has 9 nitrogen and oxygen atoms in total. The average molecular weight is 491 g/mol. The van der Waals surface area contributed by atoms with Crippen LogP contribution in [0.4, 0.5) is 9.18 Å². The minimum absolute atomic E-state index is 0.0789. The average Bonchev–Trinajstić information content (AvgIpc) is 2.67. The lowest BCUT2D eigenvalue weighted by atomic mass is 10.2. The van der Waals surface area contributed by atoms with Crippen LogP contribution >= 0.6 is 15.9 Å². The third kappa shape index (κ3) is 9.21. The molecule has 0 unspecified atom stereocenters. The molecule has 0 radical (unpaired) electrons. The van der Waals surface area contributed by atoms with E-state index in [9.17, 15) is 23.6 Å². The second-order valence-electron chi connectivity index (χ2n) is 6.26. The molecular formula is C19H24BrFN2O7. The molecule has 0 aliphatic rings. The number of carbonyl (C=O) groups excluding carboxylic acids is 3. The van der Waals surface area contributed by atoms with Gasteiger partial charge in [-0.15, -0.1) is 0 Å². The van der Waals surface area contributed by atoms with Crippen LogP contribution in [0.2, 0.25) is 0 Å². The largest absolute Gasteiger partial charge is 0.479 e. The summed E-state index contributed by atoms with van der Waals surface area (Å²) in [4.78, 5) is 45.4. The number of unbranched alkanes of at least 4 members (excludes halogenated alkanes) is 1. The predicted molar refractivity (Wildman–Crippen MR) is 107 cm³/mol. The number of carboxylic acid groups (broad SMARTS) is 1. The van der Waals surface area contributed by atoms with Crippen molar-refractivity contribution in [2.45, 2.75) is 51.4 Å². The summed E-state index contributed by atoms with van der Waals surface area (Å²) in [5, 5.41) is 13.9. The highest BCUT2D eigenvalue weighted by Gasteiger charge is 2.23. The SMILES string of the molecule is CCC[C@H](OC(=O)N[C@@H](CCCCNC(=O)c1ccc(Br)cc1F)OC=O)C(=O)O. The summed E-state index contributed by atoms with van der Waals surface area (Å²) in [5.41, 5.74) is -0.0789. The molecule has 0 fully saturated rings. The number of hydrogen-bond donors (Lipinski definition) is 3. The van der Waals surface area contributed by atoms with Crippen LogP contribution < -0.4 is 10.6 Å². The first kappa shape index (κ1) is 25.3. The standard InChI is InChI=1S/C19H24BrFN2O7/c1-2-5-15(18(26)27)30-19(28)23-16(29-11-24)6-3-4-9-22-17(25)13-8-7-12(20)10-14(13)21/h7-8,10-11,15-16H,2-6,9H2,1H3,(H,22,25)(H,23,28)(H,26,27)/t15-,16+/m0/s1. The van der Waals surface area contributed by atoms with Crippen molar-refractivity contribution in [3.05, 3.63) is 34.1 Å². The fourth-order valence-corrected chi connectivity index (χ4v) is 2.79. The first-order valence-electron chi connectivity index (χ1n) is 9.30. The Kier molecular flexibility index (Phi) is 11.4. The fraction of sp³-hybridized carbons (Fsp3) is 0.474. The predicted octanol–water partition coefficient (Wildman–Crippen LogP) is 2.97. The second-order valence-corrected chi connectivity index (χ2v) is 7.18. The minimum Gasteiger partial charge on any atom is -0.479 e. The van der Waals surface area contributed by atoms with Gasteiger partial charge in [0.2, 0.25) is 6.10 Å². The van der Waals surface area contributed by atoms with Gasteiger partial charge in [-0.3, -0.25) is 14.9 Å². The van der Waals surface area contributed by atoms with Crippen molar-refractivity contribution in [2.75, 3.05) is 6.54 Å².